The summed E-state index contributed by atoms with van der Waals surface area (Å²) in [5.74, 6) is -1.46. The topological polar surface area (TPSA) is 64.6 Å². The zero-order valence-electron chi connectivity index (χ0n) is 12.8. The number of carbonyl (C=O) groups is 2. The Balaban J connectivity index is 2.18. The SMILES string of the molecule is CCOC(=O)C1(NC(=O)c2ccc(OC)c(F)c2)CCCC1. The third-order valence-electron chi connectivity index (χ3n) is 3.89. The van der Waals surface area contributed by atoms with Crippen molar-refractivity contribution >= 4 is 11.9 Å². The molecule has 0 spiro atoms. The van der Waals surface area contributed by atoms with Crippen LogP contribution >= 0.6 is 0 Å². The molecule has 0 aromatic heterocycles. The lowest BCUT2D eigenvalue weighted by Gasteiger charge is -2.27. The molecule has 1 N–H and O–H groups in total. The Morgan fingerprint density at radius 2 is 2.00 bits per heavy atom. The van der Waals surface area contributed by atoms with Crippen molar-refractivity contribution < 1.29 is 23.5 Å². The fraction of sp³-hybridized carbons (Fsp3) is 0.500. The van der Waals surface area contributed by atoms with Gasteiger partial charge < -0.3 is 14.8 Å². The summed E-state index contributed by atoms with van der Waals surface area (Å²) in [7, 11) is 1.35. The van der Waals surface area contributed by atoms with Crippen LogP contribution in [0.2, 0.25) is 0 Å². The van der Waals surface area contributed by atoms with E-state index in [1.165, 1.54) is 19.2 Å². The van der Waals surface area contributed by atoms with Crippen molar-refractivity contribution in [3.8, 4) is 5.75 Å². The maximum absolute atomic E-state index is 13.7. The Morgan fingerprint density at radius 1 is 1.32 bits per heavy atom. The minimum atomic E-state index is -0.997. The van der Waals surface area contributed by atoms with Crippen LogP contribution < -0.4 is 10.1 Å². The standard InChI is InChI=1S/C16H20FNO4/c1-3-22-15(20)16(8-4-5-9-16)18-14(19)11-6-7-13(21-2)12(17)10-11/h6-7,10H,3-5,8-9H2,1-2H3,(H,18,19). The van der Waals surface area contributed by atoms with Gasteiger partial charge >= 0.3 is 5.97 Å². The summed E-state index contributed by atoms with van der Waals surface area (Å²) in [6.07, 6.45) is 2.76. The summed E-state index contributed by atoms with van der Waals surface area (Å²) in [6, 6.07) is 3.95. The predicted octanol–water partition coefficient (Wildman–Crippen LogP) is 2.44. The Morgan fingerprint density at radius 3 is 2.55 bits per heavy atom. The maximum Gasteiger partial charge on any atom is 0.331 e. The van der Waals surface area contributed by atoms with Gasteiger partial charge in [-0.2, -0.15) is 0 Å². The van der Waals surface area contributed by atoms with Gasteiger partial charge in [-0.1, -0.05) is 12.8 Å². The predicted molar refractivity (Wildman–Crippen MR) is 78.3 cm³/mol. The summed E-state index contributed by atoms with van der Waals surface area (Å²) < 4.78 is 23.6. The van der Waals surface area contributed by atoms with Gasteiger partial charge in [0.25, 0.3) is 5.91 Å². The number of esters is 1. The van der Waals surface area contributed by atoms with Gasteiger partial charge in [0.1, 0.15) is 5.54 Å². The third-order valence-corrected chi connectivity index (χ3v) is 3.89. The highest BCUT2D eigenvalue weighted by Crippen LogP contribution is 2.31. The van der Waals surface area contributed by atoms with Gasteiger partial charge in [0, 0.05) is 5.56 Å². The lowest BCUT2D eigenvalue weighted by molar-refractivity contribution is -0.150. The minimum absolute atomic E-state index is 0.0672. The summed E-state index contributed by atoms with van der Waals surface area (Å²) in [5.41, 5.74) is -0.849. The van der Waals surface area contributed by atoms with E-state index in [0.717, 1.165) is 18.9 Å². The Hall–Kier alpha value is -2.11. The second kappa shape index (κ2) is 6.77. The molecule has 0 unspecified atom stereocenters. The number of carbonyl (C=O) groups excluding carboxylic acids is 2. The maximum atomic E-state index is 13.7. The number of ether oxygens (including phenoxy) is 2. The fourth-order valence-electron chi connectivity index (χ4n) is 2.73. The molecule has 120 valence electrons. The average molecular weight is 309 g/mol. The van der Waals surface area contributed by atoms with Gasteiger partial charge in [0.05, 0.1) is 13.7 Å². The molecule has 0 radical (unpaired) electrons. The van der Waals surface area contributed by atoms with Gasteiger partial charge in [-0.05, 0) is 38.0 Å². The molecular weight excluding hydrogens is 289 g/mol. The highest BCUT2D eigenvalue weighted by molar-refractivity contribution is 5.98. The molecule has 1 aromatic carbocycles. The molecule has 1 aliphatic rings. The van der Waals surface area contributed by atoms with Crippen LogP contribution in [0.25, 0.3) is 0 Å². The first-order valence-electron chi connectivity index (χ1n) is 7.35. The lowest BCUT2D eigenvalue weighted by atomic mass is 9.97. The van der Waals surface area contributed by atoms with Crippen LogP contribution in [0, 0.1) is 5.82 Å². The lowest BCUT2D eigenvalue weighted by Crippen LogP contribution is -2.53. The molecule has 1 aliphatic carbocycles. The first-order valence-corrected chi connectivity index (χ1v) is 7.35. The number of amides is 1. The molecule has 22 heavy (non-hydrogen) atoms. The number of hydrogen-bond acceptors (Lipinski definition) is 4. The number of nitrogens with one attached hydrogen (secondary N) is 1. The minimum Gasteiger partial charge on any atom is -0.494 e. The molecule has 6 heteroatoms. The van der Waals surface area contributed by atoms with E-state index in [2.05, 4.69) is 5.32 Å². The van der Waals surface area contributed by atoms with Gasteiger partial charge in [0.2, 0.25) is 0 Å². The van der Waals surface area contributed by atoms with E-state index in [-0.39, 0.29) is 17.9 Å². The first-order chi connectivity index (χ1) is 10.5. The molecule has 1 aromatic rings. The molecule has 0 heterocycles. The average Bonchev–Trinajstić information content (AvgIpc) is 2.97. The normalized spacial score (nSPS) is 16.1. The van der Waals surface area contributed by atoms with E-state index >= 15 is 0 Å². The zero-order valence-corrected chi connectivity index (χ0v) is 12.8. The first kappa shape index (κ1) is 16.3. The second-order valence-electron chi connectivity index (χ2n) is 5.31. The third kappa shape index (κ3) is 3.21. The number of halogens is 1. The van der Waals surface area contributed by atoms with Gasteiger partial charge in [-0.25, -0.2) is 9.18 Å². The Labute approximate surface area is 128 Å². The van der Waals surface area contributed by atoms with Gasteiger partial charge in [-0.3, -0.25) is 4.79 Å². The summed E-state index contributed by atoms with van der Waals surface area (Å²) >= 11 is 0. The van der Waals surface area contributed by atoms with Crippen molar-refractivity contribution in [1.82, 2.24) is 5.32 Å². The van der Waals surface area contributed by atoms with Crippen molar-refractivity contribution in [3.63, 3.8) is 0 Å². The molecular formula is C16H20FNO4. The quantitative estimate of drug-likeness (QED) is 0.849. The van der Waals surface area contributed by atoms with Crippen LogP contribution in [-0.4, -0.2) is 31.1 Å². The fourth-order valence-corrected chi connectivity index (χ4v) is 2.73. The number of rotatable bonds is 5. The number of benzene rings is 1. The molecule has 2 rings (SSSR count). The zero-order chi connectivity index (χ0) is 16.2. The summed E-state index contributed by atoms with van der Waals surface area (Å²) in [4.78, 5) is 24.5. The molecule has 0 saturated heterocycles. The van der Waals surface area contributed by atoms with E-state index in [1.807, 2.05) is 0 Å². The van der Waals surface area contributed by atoms with Crippen LogP contribution in [0.1, 0.15) is 43.0 Å². The van der Waals surface area contributed by atoms with Crippen molar-refractivity contribution in [2.45, 2.75) is 38.1 Å². The monoisotopic (exact) mass is 309 g/mol. The van der Waals surface area contributed by atoms with Crippen molar-refractivity contribution in [2.24, 2.45) is 0 Å². The molecule has 0 aliphatic heterocycles. The van der Waals surface area contributed by atoms with E-state index in [9.17, 15) is 14.0 Å². The number of hydrogen-bond donors (Lipinski definition) is 1. The molecule has 0 bridgehead atoms. The van der Waals surface area contributed by atoms with Crippen LogP contribution in [0.4, 0.5) is 4.39 Å². The van der Waals surface area contributed by atoms with Gasteiger partial charge in [0.15, 0.2) is 11.6 Å². The van der Waals surface area contributed by atoms with Crippen molar-refractivity contribution in [2.75, 3.05) is 13.7 Å². The van der Waals surface area contributed by atoms with E-state index in [0.29, 0.717) is 12.8 Å². The van der Waals surface area contributed by atoms with Crippen molar-refractivity contribution in [1.29, 1.82) is 0 Å². The van der Waals surface area contributed by atoms with E-state index < -0.39 is 23.2 Å². The Kier molecular flexibility index (Phi) is 5.00. The highest BCUT2D eigenvalue weighted by Gasteiger charge is 2.44. The molecule has 5 nitrogen and oxygen atoms in total. The van der Waals surface area contributed by atoms with E-state index in [4.69, 9.17) is 9.47 Å². The van der Waals surface area contributed by atoms with E-state index in [1.54, 1.807) is 6.92 Å². The van der Waals surface area contributed by atoms with Crippen molar-refractivity contribution in [3.05, 3.63) is 29.6 Å². The summed E-state index contributed by atoms with van der Waals surface area (Å²) in [5, 5.41) is 2.74. The molecule has 1 saturated carbocycles. The molecule has 1 amide bonds. The second-order valence-corrected chi connectivity index (χ2v) is 5.31. The highest BCUT2D eigenvalue weighted by atomic mass is 19.1. The number of methoxy groups -OCH3 is 1. The smallest absolute Gasteiger partial charge is 0.331 e. The largest absolute Gasteiger partial charge is 0.494 e. The Bertz CT molecular complexity index is 567. The van der Waals surface area contributed by atoms with Crippen LogP contribution in [0.15, 0.2) is 18.2 Å². The molecule has 1 fully saturated rings. The van der Waals surface area contributed by atoms with Crippen LogP contribution in [-0.2, 0) is 9.53 Å². The van der Waals surface area contributed by atoms with Gasteiger partial charge in [-0.15, -0.1) is 0 Å². The molecule has 0 atom stereocenters. The summed E-state index contributed by atoms with van der Waals surface area (Å²) in [6.45, 7) is 1.98. The van der Waals surface area contributed by atoms with Crippen LogP contribution in [0.5, 0.6) is 5.75 Å². The van der Waals surface area contributed by atoms with Crippen LogP contribution in [0.3, 0.4) is 0 Å².